The molecule has 0 spiro atoms. The first-order valence-corrected chi connectivity index (χ1v) is 17.7. The zero-order valence-corrected chi connectivity index (χ0v) is 33.8. The van der Waals surface area contributed by atoms with Crippen molar-refractivity contribution in [3.05, 3.63) is 0 Å². The Morgan fingerprint density at radius 3 is 0.639 bits per heavy atom. The molecule has 72 heavy (non-hydrogen) atoms. The number of hydrogen-bond acceptors (Lipinski definition) is 6. The predicted octanol–water partition coefficient (Wildman–Crippen LogP) is 13.5. The summed E-state index contributed by atoms with van der Waals surface area (Å²) in [7, 11) is 0. The van der Waals surface area contributed by atoms with E-state index < -0.39 is 172 Å². The van der Waals surface area contributed by atoms with Crippen molar-refractivity contribution in [1.82, 2.24) is 0 Å². The molecule has 432 valence electrons. The molecule has 0 bridgehead atoms. The van der Waals surface area contributed by atoms with Crippen molar-refractivity contribution < 1.29 is 186 Å². The third-order valence-electron chi connectivity index (χ3n) is 9.74. The Hall–Kier alpha value is -2.76. The fraction of sp³-hybridized carbons (Fsp3) is 1.00. The Bertz CT molecular complexity index is 1490. The molecule has 2 unspecified atom stereocenters. The highest BCUT2D eigenvalue weighted by molar-refractivity contribution is 5.06. The average Bonchev–Trinajstić information content (AvgIpc) is 3.02. The van der Waals surface area contributed by atoms with E-state index in [9.17, 15) is 158 Å². The first kappa shape index (κ1) is 67.3. The summed E-state index contributed by atoms with van der Waals surface area (Å²) in [5.41, 5.74) is -32.9. The highest BCUT2D eigenvalue weighted by Gasteiger charge is 2.89. The maximum Gasteiger partial charge on any atom is 0.435 e. The normalized spacial score (nSPS) is 20.0. The number of halogens is 36. The van der Waals surface area contributed by atoms with E-state index in [1.807, 2.05) is 0 Å². The molecule has 1 aliphatic rings. The van der Waals surface area contributed by atoms with E-state index in [4.69, 9.17) is 0 Å². The van der Waals surface area contributed by atoms with Crippen LogP contribution in [0, 0.1) is 5.41 Å². The molecule has 1 fully saturated rings. The van der Waals surface area contributed by atoms with E-state index in [1.165, 1.54) is 0 Å². The second-order valence-electron chi connectivity index (χ2n) is 15.4. The Kier molecular flexibility index (Phi) is 18.7. The van der Waals surface area contributed by atoms with Crippen LogP contribution in [-0.2, 0) is 28.4 Å². The predicted molar refractivity (Wildman–Crippen MR) is 152 cm³/mol. The van der Waals surface area contributed by atoms with Gasteiger partial charge in [0.1, 0.15) is 12.2 Å². The van der Waals surface area contributed by atoms with E-state index >= 15 is 0 Å². The van der Waals surface area contributed by atoms with Gasteiger partial charge < -0.3 is 28.4 Å². The smallest absolute Gasteiger partial charge is 0.367 e. The molecule has 6 nitrogen and oxygen atoms in total. The molecule has 0 N–H and O–H groups in total. The zero-order valence-electron chi connectivity index (χ0n) is 33.8. The van der Waals surface area contributed by atoms with Crippen LogP contribution < -0.4 is 0 Å². The quantitative estimate of drug-likeness (QED) is 0.144. The van der Waals surface area contributed by atoms with Crippen LogP contribution in [0.5, 0.6) is 0 Å². The van der Waals surface area contributed by atoms with Gasteiger partial charge in [0.25, 0.3) is 0 Å². The van der Waals surface area contributed by atoms with Crippen LogP contribution >= 0.6 is 0 Å². The largest absolute Gasteiger partial charge is 0.435 e. The van der Waals surface area contributed by atoms with Gasteiger partial charge in [-0.05, 0) is 24.7 Å². The summed E-state index contributed by atoms with van der Waals surface area (Å²) in [5, 5.41) is 0. The summed E-state index contributed by atoms with van der Waals surface area (Å²) in [6.45, 7) is -13.0. The van der Waals surface area contributed by atoms with E-state index in [0.29, 0.717) is 0 Å². The van der Waals surface area contributed by atoms with E-state index in [2.05, 4.69) is 28.4 Å². The molecule has 0 radical (unpaired) electrons. The van der Waals surface area contributed by atoms with Gasteiger partial charge in [-0.2, -0.15) is 158 Å². The van der Waals surface area contributed by atoms with Crippen LogP contribution in [0.4, 0.5) is 158 Å². The Morgan fingerprint density at radius 1 is 0.306 bits per heavy atom. The van der Waals surface area contributed by atoms with Crippen molar-refractivity contribution in [2.24, 2.45) is 5.41 Å². The maximum atomic E-state index is 13.6. The van der Waals surface area contributed by atoms with Crippen molar-refractivity contribution in [1.29, 1.82) is 0 Å². The summed E-state index contributed by atoms with van der Waals surface area (Å²) >= 11 is 0. The lowest BCUT2D eigenvalue weighted by Gasteiger charge is -2.45. The molecule has 1 rings (SSSR count). The molecule has 0 aromatic heterocycles. The van der Waals surface area contributed by atoms with Crippen molar-refractivity contribution in [3.8, 4) is 0 Å². The number of hydrogen-bond donors (Lipinski definition) is 0. The van der Waals surface area contributed by atoms with Gasteiger partial charge in [0.15, 0.2) is 0 Å². The SMILES string of the molecule is CC1(C)CCC(OC(COC(C(F)(F)F)(C(F)(F)F)C(F)(F)F)COC(C(F)(F)F)(C(F)(F)F)C(F)(F)F)C(OC(COC(C(F)(F)F)(C(F)(F)F)C(F)(F)F)COC(C(F)(F)F)(C(F)(F)F)C(F)(F)F)C1. The third-order valence-corrected chi connectivity index (χ3v) is 9.74. The van der Waals surface area contributed by atoms with Gasteiger partial charge in [0.05, 0.1) is 38.6 Å². The van der Waals surface area contributed by atoms with Gasteiger partial charge in [-0.15, -0.1) is 0 Å². The van der Waals surface area contributed by atoms with Crippen LogP contribution in [0.25, 0.3) is 0 Å². The van der Waals surface area contributed by atoms with E-state index in [1.54, 1.807) is 0 Å². The Balaban J connectivity index is 4.39. The molecule has 0 aromatic rings. The Morgan fingerprint density at radius 2 is 0.472 bits per heavy atom. The highest BCUT2D eigenvalue weighted by atomic mass is 19.5. The summed E-state index contributed by atoms with van der Waals surface area (Å²) in [6, 6.07) is 0. The van der Waals surface area contributed by atoms with Crippen molar-refractivity contribution >= 4 is 0 Å². The number of ether oxygens (including phenoxy) is 6. The van der Waals surface area contributed by atoms with Gasteiger partial charge in [-0.25, -0.2) is 0 Å². The molecular formula is C30H24F36O6. The van der Waals surface area contributed by atoms with E-state index in [0.717, 1.165) is 13.8 Å². The summed E-state index contributed by atoms with van der Waals surface area (Å²) in [4.78, 5) is 0. The lowest BCUT2D eigenvalue weighted by molar-refractivity contribution is -0.468. The second-order valence-corrected chi connectivity index (χ2v) is 15.4. The van der Waals surface area contributed by atoms with Crippen molar-refractivity contribution in [2.45, 2.75) is 154 Å². The number of alkyl halides is 36. The molecular weight excluding hydrogens is 1140 g/mol. The van der Waals surface area contributed by atoms with Crippen molar-refractivity contribution in [3.63, 3.8) is 0 Å². The Labute approximate surface area is 373 Å². The van der Waals surface area contributed by atoms with Crippen molar-refractivity contribution in [2.75, 3.05) is 26.4 Å². The van der Waals surface area contributed by atoms with Crippen LogP contribution in [0.3, 0.4) is 0 Å². The van der Waals surface area contributed by atoms with Gasteiger partial charge in [0, 0.05) is 0 Å². The first-order valence-electron chi connectivity index (χ1n) is 17.7. The monoisotopic (exact) mass is 1160 g/mol. The molecule has 1 saturated carbocycles. The van der Waals surface area contributed by atoms with E-state index in [-0.39, 0.29) is 0 Å². The first-order chi connectivity index (χ1) is 31.0. The van der Waals surface area contributed by atoms with Crippen LogP contribution in [0.2, 0.25) is 0 Å². The maximum absolute atomic E-state index is 13.6. The number of rotatable bonds is 16. The minimum atomic E-state index is -7.97. The molecule has 0 amide bonds. The lowest BCUT2D eigenvalue weighted by Crippen LogP contribution is -2.69. The molecule has 2 atom stereocenters. The van der Waals surface area contributed by atoms with Gasteiger partial charge in [-0.3, -0.25) is 0 Å². The topological polar surface area (TPSA) is 55.4 Å². The third kappa shape index (κ3) is 12.7. The lowest BCUT2D eigenvalue weighted by atomic mass is 9.74. The molecule has 42 heteroatoms. The van der Waals surface area contributed by atoms with Crippen LogP contribution in [0.15, 0.2) is 0 Å². The van der Waals surface area contributed by atoms with Gasteiger partial charge in [0.2, 0.25) is 0 Å². The van der Waals surface area contributed by atoms with Crippen LogP contribution in [0.1, 0.15) is 33.1 Å². The summed E-state index contributed by atoms with van der Waals surface area (Å²) in [6.07, 6.45) is -115. The summed E-state index contributed by atoms with van der Waals surface area (Å²) < 4.78 is 511. The molecule has 0 heterocycles. The average molecular weight is 1160 g/mol. The molecule has 0 saturated heterocycles. The minimum absolute atomic E-state index is 0.754. The fourth-order valence-electron chi connectivity index (χ4n) is 6.32. The molecule has 1 aliphatic carbocycles. The van der Waals surface area contributed by atoms with Crippen LogP contribution in [-0.4, -0.2) is 147 Å². The van der Waals surface area contributed by atoms with Gasteiger partial charge >= 0.3 is 96.5 Å². The fourth-order valence-corrected chi connectivity index (χ4v) is 6.32. The minimum Gasteiger partial charge on any atom is -0.367 e. The summed E-state index contributed by atoms with van der Waals surface area (Å²) in [5.74, 6) is 0. The second kappa shape index (κ2) is 20.0. The van der Waals surface area contributed by atoms with Gasteiger partial charge in [-0.1, -0.05) is 13.8 Å². The molecule has 0 aliphatic heterocycles. The zero-order chi connectivity index (χ0) is 58.0. The molecule has 0 aromatic carbocycles. The standard InChI is InChI=1S/C30H24F36O6/c1-14(2)4-3-12(71-10(6-67-15(19(31,32)33,20(34,35)36)21(37,38)39)7-68-16(22(40,41)42,23(43,44)45)24(46,47)48)13(5-14)72-11(8-69-17(25(49,50)51,26(52,53)54)27(55,56)57)9-70-18(28(58,59)60,29(61,62)63)30(64,65)66/h10-13H,3-9H2,1-2H3. The highest BCUT2D eigenvalue weighted by Crippen LogP contribution is 2.59.